The van der Waals surface area contributed by atoms with Gasteiger partial charge in [-0.3, -0.25) is 10.2 Å². The summed E-state index contributed by atoms with van der Waals surface area (Å²) in [7, 11) is 1.85. The van der Waals surface area contributed by atoms with Crippen LogP contribution in [0.25, 0.3) is 11.0 Å². The van der Waals surface area contributed by atoms with E-state index in [1.165, 1.54) is 11.1 Å². The lowest BCUT2D eigenvalue weighted by Crippen LogP contribution is -2.45. The SMILES string of the molecule is Cc1cc2ncn(CC3CC(C(=O)N(C)C(C)c4nccs4)NN3)c2cc1C. The van der Waals surface area contributed by atoms with E-state index in [0.717, 1.165) is 29.0 Å². The molecule has 8 heteroatoms. The summed E-state index contributed by atoms with van der Waals surface area (Å²) in [6.45, 7) is 7.01. The second-order valence-corrected chi connectivity index (χ2v) is 8.52. The largest absolute Gasteiger partial charge is 0.335 e. The predicted octanol–water partition coefficient (Wildman–Crippen LogP) is 2.56. The second kappa shape index (κ2) is 7.62. The van der Waals surface area contributed by atoms with Crippen molar-refractivity contribution < 1.29 is 4.79 Å². The molecule has 0 bridgehead atoms. The molecule has 7 nitrogen and oxygen atoms in total. The molecular formula is C20H26N6OS. The quantitative estimate of drug-likeness (QED) is 0.691. The van der Waals surface area contributed by atoms with Crippen molar-refractivity contribution in [2.24, 2.45) is 0 Å². The Balaban J connectivity index is 1.42. The van der Waals surface area contributed by atoms with Gasteiger partial charge in [0.15, 0.2) is 0 Å². The molecule has 3 aromatic rings. The molecule has 4 rings (SSSR count). The average Bonchev–Trinajstić information content (AvgIpc) is 3.43. The maximum Gasteiger partial charge on any atom is 0.241 e. The van der Waals surface area contributed by atoms with Crippen LogP contribution in [-0.4, -0.2) is 44.5 Å². The molecule has 28 heavy (non-hydrogen) atoms. The van der Waals surface area contributed by atoms with Crippen LogP contribution in [-0.2, 0) is 11.3 Å². The van der Waals surface area contributed by atoms with Gasteiger partial charge in [-0.05, 0) is 50.5 Å². The monoisotopic (exact) mass is 398 g/mol. The molecule has 1 saturated heterocycles. The highest BCUT2D eigenvalue weighted by molar-refractivity contribution is 7.09. The number of hydrogen-bond donors (Lipinski definition) is 2. The summed E-state index contributed by atoms with van der Waals surface area (Å²) in [5.74, 6) is 0.0830. The number of aryl methyl sites for hydroxylation is 2. The number of carbonyl (C=O) groups is 1. The van der Waals surface area contributed by atoms with Gasteiger partial charge >= 0.3 is 0 Å². The van der Waals surface area contributed by atoms with Crippen molar-refractivity contribution in [3.8, 4) is 0 Å². The normalized spacial score (nSPS) is 20.6. The third-order valence-electron chi connectivity index (χ3n) is 5.67. The van der Waals surface area contributed by atoms with E-state index in [1.54, 1.807) is 22.4 Å². The first-order valence-corrected chi connectivity index (χ1v) is 10.4. The van der Waals surface area contributed by atoms with Crippen molar-refractivity contribution in [2.45, 2.75) is 51.9 Å². The van der Waals surface area contributed by atoms with Crippen LogP contribution in [0.15, 0.2) is 30.0 Å². The van der Waals surface area contributed by atoms with Crippen molar-refractivity contribution in [1.82, 2.24) is 30.3 Å². The molecular weight excluding hydrogens is 372 g/mol. The lowest BCUT2D eigenvalue weighted by Gasteiger charge is -2.26. The Morgan fingerprint density at radius 1 is 1.32 bits per heavy atom. The fraction of sp³-hybridized carbons (Fsp3) is 0.450. The van der Waals surface area contributed by atoms with Gasteiger partial charge in [-0.25, -0.2) is 15.4 Å². The number of nitrogens with one attached hydrogen (secondary N) is 2. The molecule has 148 valence electrons. The van der Waals surface area contributed by atoms with Crippen molar-refractivity contribution in [3.63, 3.8) is 0 Å². The van der Waals surface area contributed by atoms with Crippen molar-refractivity contribution in [3.05, 3.63) is 46.2 Å². The highest BCUT2D eigenvalue weighted by atomic mass is 32.1. The Morgan fingerprint density at radius 3 is 2.86 bits per heavy atom. The molecule has 1 aliphatic heterocycles. The zero-order chi connectivity index (χ0) is 19.8. The van der Waals surface area contributed by atoms with Gasteiger partial charge in [0, 0.05) is 31.2 Å². The highest BCUT2D eigenvalue weighted by Gasteiger charge is 2.33. The van der Waals surface area contributed by atoms with Gasteiger partial charge < -0.3 is 9.47 Å². The lowest BCUT2D eigenvalue weighted by atomic mass is 10.1. The first kappa shape index (κ1) is 19.0. The number of amides is 1. The van der Waals surface area contributed by atoms with Gasteiger partial charge in [-0.15, -0.1) is 11.3 Å². The number of fused-ring (bicyclic) bond motifs is 1. The minimum Gasteiger partial charge on any atom is -0.335 e. The van der Waals surface area contributed by atoms with Crippen LogP contribution in [0.4, 0.5) is 0 Å². The number of likely N-dealkylation sites (N-methyl/N-ethyl adjacent to an activating group) is 1. The van der Waals surface area contributed by atoms with Crippen molar-refractivity contribution in [1.29, 1.82) is 0 Å². The number of imidazole rings is 1. The zero-order valence-electron chi connectivity index (χ0n) is 16.6. The lowest BCUT2D eigenvalue weighted by molar-refractivity contribution is -0.133. The zero-order valence-corrected chi connectivity index (χ0v) is 17.5. The topological polar surface area (TPSA) is 75.1 Å². The number of rotatable bonds is 5. The Labute approximate surface area is 168 Å². The van der Waals surface area contributed by atoms with E-state index in [9.17, 15) is 4.79 Å². The molecule has 1 amide bonds. The molecule has 1 fully saturated rings. The fourth-order valence-electron chi connectivity index (χ4n) is 3.64. The maximum absolute atomic E-state index is 12.9. The summed E-state index contributed by atoms with van der Waals surface area (Å²) in [5, 5.41) is 2.89. The predicted molar refractivity (Wildman–Crippen MR) is 111 cm³/mol. The molecule has 2 N–H and O–H groups in total. The maximum atomic E-state index is 12.9. The number of carbonyl (C=O) groups excluding carboxylic acids is 1. The number of benzene rings is 1. The minimum atomic E-state index is -0.240. The van der Waals surface area contributed by atoms with E-state index in [4.69, 9.17) is 0 Å². The molecule has 0 spiro atoms. The molecule has 3 heterocycles. The van der Waals surface area contributed by atoms with Gasteiger partial charge in [0.1, 0.15) is 11.0 Å². The fourth-order valence-corrected chi connectivity index (χ4v) is 4.38. The Kier molecular flexibility index (Phi) is 5.18. The third kappa shape index (κ3) is 3.55. The molecule has 1 aliphatic rings. The van der Waals surface area contributed by atoms with Gasteiger partial charge in [-0.2, -0.15) is 0 Å². The van der Waals surface area contributed by atoms with Crippen LogP contribution in [0.3, 0.4) is 0 Å². The van der Waals surface area contributed by atoms with Crippen LogP contribution in [0.2, 0.25) is 0 Å². The first-order chi connectivity index (χ1) is 13.4. The summed E-state index contributed by atoms with van der Waals surface area (Å²) in [6.07, 6.45) is 4.40. The van der Waals surface area contributed by atoms with Crippen LogP contribution < -0.4 is 10.9 Å². The first-order valence-electron chi connectivity index (χ1n) is 9.53. The number of hydrogen-bond acceptors (Lipinski definition) is 6. The van der Waals surface area contributed by atoms with Gasteiger partial charge in [-0.1, -0.05) is 0 Å². The van der Waals surface area contributed by atoms with E-state index in [0.29, 0.717) is 0 Å². The molecule has 3 atom stereocenters. The minimum absolute atomic E-state index is 0.0304. The van der Waals surface area contributed by atoms with E-state index in [1.807, 2.05) is 25.7 Å². The van der Waals surface area contributed by atoms with Gasteiger partial charge in [0.05, 0.1) is 23.4 Å². The number of nitrogens with zero attached hydrogens (tertiary/aromatic N) is 4. The number of thiazole rings is 1. The summed E-state index contributed by atoms with van der Waals surface area (Å²) in [6, 6.07) is 4.21. The van der Waals surface area contributed by atoms with E-state index in [2.05, 4.69) is 51.4 Å². The average molecular weight is 399 g/mol. The smallest absolute Gasteiger partial charge is 0.241 e. The van der Waals surface area contributed by atoms with E-state index < -0.39 is 0 Å². The Morgan fingerprint density at radius 2 is 2.11 bits per heavy atom. The van der Waals surface area contributed by atoms with E-state index in [-0.39, 0.29) is 24.0 Å². The second-order valence-electron chi connectivity index (χ2n) is 7.59. The number of aromatic nitrogens is 3. The molecule has 0 radical (unpaired) electrons. The van der Waals surface area contributed by atoms with Gasteiger partial charge in [0.2, 0.25) is 5.91 Å². The van der Waals surface area contributed by atoms with Crippen molar-refractivity contribution in [2.75, 3.05) is 7.05 Å². The van der Waals surface area contributed by atoms with Crippen LogP contribution in [0, 0.1) is 13.8 Å². The van der Waals surface area contributed by atoms with Gasteiger partial charge in [0.25, 0.3) is 0 Å². The molecule has 2 aromatic heterocycles. The van der Waals surface area contributed by atoms with E-state index >= 15 is 0 Å². The number of hydrazine groups is 1. The standard InChI is InChI=1S/C20H26N6OS/c1-12-7-16-18(8-13(12)2)26(11-22-16)10-15-9-17(24-23-15)20(27)25(4)14(3)19-21-5-6-28-19/h5-8,11,14-15,17,23-24H,9-10H2,1-4H3. The summed E-state index contributed by atoms with van der Waals surface area (Å²) in [5.41, 5.74) is 11.1. The van der Waals surface area contributed by atoms with Crippen LogP contribution >= 0.6 is 11.3 Å². The van der Waals surface area contributed by atoms with Crippen LogP contribution in [0.5, 0.6) is 0 Å². The third-order valence-corrected chi connectivity index (χ3v) is 6.62. The molecule has 0 saturated carbocycles. The highest BCUT2D eigenvalue weighted by Crippen LogP contribution is 2.23. The van der Waals surface area contributed by atoms with Crippen molar-refractivity contribution >= 4 is 28.3 Å². The molecule has 0 aliphatic carbocycles. The van der Waals surface area contributed by atoms with Crippen LogP contribution in [0.1, 0.15) is 35.5 Å². The summed E-state index contributed by atoms with van der Waals surface area (Å²) < 4.78 is 2.16. The molecule has 1 aromatic carbocycles. The summed E-state index contributed by atoms with van der Waals surface area (Å²) in [4.78, 5) is 23.5. The summed E-state index contributed by atoms with van der Waals surface area (Å²) >= 11 is 1.57. The molecule has 3 unspecified atom stereocenters. The Hall–Kier alpha value is -2.29. The Bertz CT molecular complexity index is 982.